The summed E-state index contributed by atoms with van der Waals surface area (Å²) in [7, 11) is 3.76. The number of rotatable bonds is 4. The van der Waals surface area contributed by atoms with Gasteiger partial charge in [0, 0.05) is 26.8 Å². The summed E-state index contributed by atoms with van der Waals surface area (Å²) >= 11 is 0. The van der Waals surface area contributed by atoms with Gasteiger partial charge < -0.3 is 9.47 Å². The highest BCUT2D eigenvalue weighted by Gasteiger charge is 2.10. The molecule has 1 heterocycles. The second-order valence-electron chi connectivity index (χ2n) is 4.81. The fourth-order valence-corrected chi connectivity index (χ4v) is 1.91. The first kappa shape index (κ1) is 14.5. The fourth-order valence-electron chi connectivity index (χ4n) is 1.91. The van der Waals surface area contributed by atoms with Gasteiger partial charge in [0.15, 0.2) is 0 Å². The highest BCUT2D eigenvalue weighted by Crippen LogP contribution is 2.10. The van der Waals surface area contributed by atoms with Crippen LogP contribution in [0.5, 0.6) is 0 Å². The molecule has 0 saturated carbocycles. The molecule has 0 amide bonds. The van der Waals surface area contributed by atoms with Gasteiger partial charge in [-0.15, -0.1) is 0 Å². The first-order valence-electron chi connectivity index (χ1n) is 6.50. The van der Waals surface area contributed by atoms with Crippen LogP contribution in [0.1, 0.15) is 16.8 Å². The molecule has 0 bridgehead atoms. The van der Waals surface area contributed by atoms with Crippen LogP contribution >= 0.6 is 0 Å². The minimum absolute atomic E-state index is 0.0616. The van der Waals surface area contributed by atoms with Gasteiger partial charge in [-0.2, -0.15) is 10.2 Å². The van der Waals surface area contributed by atoms with E-state index in [9.17, 15) is 10.1 Å². The van der Waals surface area contributed by atoms with Crippen molar-refractivity contribution in [2.45, 2.75) is 6.54 Å². The third kappa shape index (κ3) is 3.57. The van der Waals surface area contributed by atoms with Crippen LogP contribution in [0.15, 0.2) is 47.7 Å². The molecule has 21 heavy (non-hydrogen) atoms. The maximum absolute atomic E-state index is 11.7. The second-order valence-corrected chi connectivity index (χ2v) is 4.81. The average Bonchev–Trinajstić information content (AvgIpc) is 2.48. The molecule has 1 aromatic carbocycles. The molecular weight excluding hydrogens is 264 g/mol. The fraction of sp³-hybridized carbons (Fsp3) is 0.188. The molecule has 0 aliphatic carbocycles. The summed E-state index contributed by atoms with van der Waals surface area (Å²) in [5.74, 6) is 0. The van der Waals surface area contributed by atoms with Gasteiger partial charge in [-0.05, 0) is 11.6 Å². The van der Waals surface area contributed by atoms with Crippen LogP contribution in [-0.4, -0.2) is 28.5 Å². The maximum atomic E-state index is 11.7. The molecule has 2 rings (SSSR count). The topological polar surface area (TPSA) is 61.9 Å². The minimum Gasteiger partial charge on any atom is -0.383 e. The average molecular weight is 280 g/mol. The third-order valence-corrected chi connectivity index (χ3v) is 2.93. The highest BCUT2D eigenvalue weighted by atomic mass is 16.1. The monoisotopic (exact) mass is 280 g/mol. The van der Waals surface area contributed by atoms with E-state index in [-0.39, 0.29) is 5.56 Å². The van der Waals surface area contributed by atoms with E-state index in [1.807, 2.05) is 55.4 Å². The van der Waals surface area contributed by atoms with Gasteiger partial charge in [0.25, 0.3) is 5.56 Å². The summed E-state index contributed by atoms with van der Waals surface area (Å²) < 4.78 is 1.80. The predicted octanol–water partition coefficient (Wildman–Crippen LogP) is 1.70. The van der Waals surface area contributed by atoms with Crippen molar-refractivity contribution in [1.29, 1.82) is 5.26 Å². The second kappa shape index (κ2) is 6.53. The summed E-state index contributed by atoms with van der Waals surface area (Å²) in [6.45, 7) is 0.551. The summed E-state index contributed by atoms with van der Waals surface area (Å²) in [5.41, 5.74) is 1.20. The van der Waals surface area contributed by atoms with Gasteiger partial charge in [-0.3, -0.25) is 4.79 Å². The van der Waals surface area contributed by atoms with Crippen molar-refractivity contribution in [2.24, 2.45) is 0 Å². The van der Waals surface area contributed by atoms with Gasteiger partial charge in [-0.25, -0.2) is 0 Å². The van der Waals surface area contributed by atoms with E-state index in [0.717, 1.165) is 5.56 Å². The highest BCUT2D eigenvalue weighted by molar-refractivity contribution is 5.53. The van der Waals surface area contributed by atoms with Gasteiger partial charge in [0.2, 0.25) is 0 Å². The zero-order chi connectivity index (χ0) is 15.2. The zero-order valence-electron chi connectivity index (χ0n) is 12.0. The summed E-state index contributed by atoms with van der Waals surface area (Å²) in [5, 5.41) is 9.20. The molecule has 0 spiro atoms. The first-order valence-corrected chi connectivity index (χ1v) is 6.50. The Bertz CT molecular complexity index is 739. The molecule has 1 aromatic heterocycles. The van der Waals surface area contributed by atoms with Crippen molar-refractivity contribution in [2.75, 3.05) is 14.1 Å². The predicted molar refractivity (Wildman–Crippen MR) is 81.5 cm³/mol. The van der Waals surface area contributed by atoms with Gasteiger partial charge in [0.1, 0.15) is 11.6 Å². The van der Waals surface area contributed by atoms with E-state index in [2.05, 4.69) is 4.98 Å². The molecule has 0 saturated heterocycles. The Kier molecular flexibility index (Phi) is 4.52. The molecule has 0 unspecified atom stereocenters. The van der Waals surface area contributed by atoms with Gasteiger partial charge in [0.05, 0.1) is 12.0 Å². The van der Waals surface area contributed by atoms with Crippen LogP contribution in [0.3, 0.4) is 0 Å². The maximum Gasteiger partial charge on any atom is 0.291 e. The SMILES string of the molecule is CN(C)/C=C/c1c(C#N)c(=O)ncn1Cc1ccccc1. The Morgan fingerprint density at radius 2 is 2.05 bits per heavy atom. The molecular formula is C16H16N4O. The van der Waals surface area contributed by atoms with Crippen LogP contribution in [0.4, 0.5) is 0 Å². The molecule has 2 aromatic rings. The molecule has 0 aliphatic heterocycles. The lowest BCUT2D eigenvalue weighted by molar-refractivity contribution is 0.566. The van der Waals surface area contributed by atoms with Crippen molar-refractivity contribution < 1.29 is 0 Å². The van der Waals surface area contributed by atoms with Crippen LogP contribution in [0, 0.1) is 11.3 Å². The normalized spacial score (nSPS) is 10.5. The van der Waals surface area contributed by atoms with Gasteiger partial charge >= 0.3 is 0 Å². The van der Waals surface area contributed by atoms with Gasteiger partial charge in [-0.1, -0.05) is 30.3 Å². The molecule has 0 fully saturated rings. The van der Waals surface area contributed by atoms with E-state index >= 15 is 0 Å². The summed E-state index contributed by atoms with van der Waals surface area (Å²) in [6.07, 6.45) is 5.03. The molecule has 5 heteroatoms. The van der Waals surface area contributed by atoms with Crippen LogP contribution < -0.4 is 5.56 Å². The molecule has 0 atom stereocenters. The third-order valence-electron chi connectivity index (χ3n) is 2.93. The van der Waals surface area contributed by atoms with Crippen LogP contribution in [0.2, 0.25) is 0 Å². The number of nitrogens with zero attached hydrogens (tertiary/aromatic N) is 4. The minimum atomic E-state index is -0.500. The summed E-state index contributed by atoms with van der Waals surface area (Å²) in [6, 6.07) is 11.8. The summed E-state index contributed by atoms with van der Waals surface area (Å²) in [4.78, 5) is 17.3. The Hall–Kier alpha value is -2.87. The molecule has 5 nitrogen and oxygen atoms in total. The Morgan fingerprint density at radius 3 is 2.67 bits per heavy atom. The van der Waals surface area contributed by atoms with E-state index < -0.39 is 5.56 Å². The van der Waals surface area contributed by atoms with E-state index in [1.54, 1.807) is 16.8 Å². The number of aromatic nitrogens is 2. The van der Waals surface area contributed by atoms with Crippen molar-refractivity contribution in [3.63, 3.8) is 0 Å². The lowest BCUT2D eigenvalue weighted by Gasteiger charge is -2.12. The van der Waals surface area contributed by atoms with Crippen molar-refractivity contribution in [3.05, 3.63) is 70.0 Å². The van der Waals surface area contributed by atoms with E-state index in [0.29, 0.717) is 12.2 Å². The molecule has 0 N–H and O–H groups in total. The number of nitriles is 1. The first-order chi connectivity index (χ1) is 10.1. The van der Waals surface area contributed by atoms with E-state index in [4.69, 9.17) is 0 Å². The van der Waals surface area contributed by atoms with Crippen LogP contribution in [0.25, 0.3) is 6.08 Å². The number of benzene rings is 1. The molecule has 106 valence electrons. The molecule has 0 radical (unpaired) electrons. The lowest BCUT2D eigenvalue weighted by Crippen LogP contribution is -2.19. The van der Waals surface area contributed by atoms with Crippen LogP contribution in [-0.2, 0) is 6.54 Å². The Labute approximate surface area is 123 Å². The Balaban J connectivity index is 2.50. The lowest BCUT2D eigenvalue weighted by atomic mass is 10.2. The quantitative estimate of drug-likeness (QED) is 0.855. The number of hydrogen-bond acceptors (Lipinski definition) is 4. The standard InChI is InChI=1S/C16H16N4O/c1-19(2)9-8-15-14(10-17)16(21)18-12-20(15)11-13-6-4-3-5-7-13/h3-9,12H,11H2,1-2H3/b9-8+. The zero-order valence-corrected chi connectivity index (χ0v) is 12.0. The smallest absolute Gasteiger partial charge is 0.291 e. The largest absolute Gasteiger partial charge is 0.383 e. The number of hydrogen-bond donors (Lipinski definition) is 0. The molecule has 0 aliphatic rings. The van der Waals surface area contributed by atoms with E-state index in [1.165, 1.54) is 6.33 Å². The van der Waals surface area contributed by atoms with Crippen molar-refractivity contribution in [3.8, 4) is 6.07 Å². The Morgan fingerprint density at radius 1 is 1.33 bits per heavy atom. The van der Waals surface area contributed by atoms with Crippen molar-refractivity contribution in [1.82, 2.24) is 14.5 Å². The van der Waals surface area contributed by atoms with Crippen molar-refractivity contribution >= 4 is 6.08 Å².